The van der Waals surface area contributed by atoms with Crippen molar-refractivity contribution >= 4 is 21.6 Å². The molecule has 0 saturated heterocycles. The van der Waals surface area contributed by atoms with Gasteiger partial charge in [-0.15, -0.1) is 0 Å². The van der Waals surface area contributed by atoms with Crippen LogP contribution in [0, 0.1) is 4.91 Å². The first-order valence-electron chi connectivity index (χ1n) is 5.68. The van der Waals surface area contributed by atoms with Crippen LogP contribution in [0.2, 0.25) is 0 Å². The maximum Gasteiger partial charge on any atom is 0.359 e. The van der Waals surface area contributed by atoms with Crippen LogP contribution < -0.4 is 4.74 Å². The predicted molar refractivity (Wildman–Crippen MR) is 75.2 cm³/mol. The summed E-state index contributed by atoms with van der Waals surface area (Å²) in [6.45, 7) is 0.396. The fraction of sp³-hybridized carbons (Fsp3) is 0.143. The molecule has 0 N–H and O–H groups in total. The molecule has 0 heterocycles. The number of hydrogen-bond acceptors (Lipinski definition) is 3. The smallest absolute Gasteiger partial charge is 0.359 e. The molecule has 0 amide bonds. The van der Waals surface area contributed by atoms with Gasteiger partial charge in [0.15, 0.2) is 7.11 Å². The van der Waals surface area contributed by atoms with Gasteiger partial charge in [0.1, 0.15) is 6.61 Å². The van der Waals surface area contributed by atoms with Crippen molar-refractivity contribution in [2.24, 2.45) is 0 Å². The van der Waals surface area contributed by atoms with Gasteiger partial charge in [0, 0.05) is 10.5 Å². The Kier molecular flexibility index (Phi) is 4.52. The van der Waals surface area contributed by atoms with E-state index in [1.165, 1.54) is 7.11 Å². The van der Waals surface area contributed by atoms with E-state index in [1.54, 1.807) is 12.1 Å². The Morgan fingerprint density at radius 1 is 1.16 bits per heavy atom. The first-order valence-corrected chi connectivity index (χ1v) is 6.47. The first-order chi connectivity index (χ1) is 9.20. The maximum absolute atomic E-state index is 11.6. The van der Waals surface area contributed by atoms with Gasteiger partial charge >= 0.3 is 5.69 Å². The minimum atomic E-state index is 0.327. The van der Waals surface area contributed by atoms with Crippen LogP contribution in [0.3, 0.4) is 0 Å². The third kappa shape index (κ3) is 3.54. The van der Waals surface area contributed by atoms with Gasteiger partial charge in [0.2, 0.25) is 5.75 Å². The third-order valence-electron chi connectivity index (χ3n) is 2.52. The molecule has 0 unspecified atom stereocenters. The Morgan fingerprint density at radius 3 is 2.58 bits per heavy atom. The summed E-state index contributed by atoms with van der Waals surface area (Å²) in [7, 11) is 1.31. The molecule has 98 valence electrons. The summed E-state index contributed by atoms with van der Waals surface area (Å²) >= 11 is 3.31. The van der Waals surface area contributed by atoms with Crippen molar-refractivity contribution in [3.63, 3.8) is 0 Å². The van der Waals surface area contributed by atoms with Crippen LogP contribution in [-0.2, 0) is 11.4 Å². The number of rotatable bonds is 5. The molecule has 2 aromatic rings. The average Bonchev–Trinajstić information content (AvgIpc) is 2.46. The van der Waals surface area contributed by atoms with Crippen LogP contribution in [0.25, 0.3) is 0 Å². The molecule has 0 aliphatic heterocycles. The lowest BCUT2D eigenvalue weighted by Crippen LogP contribution is -2.02. The topological polar surface area (TPSA) is 38.5 Å². The Hall–Kier alpha value is -1.88. The standard InChI is InChI=1S/C14H13BrNO3/c1-18-16(17)13-9-12(15)7-8-14(13)19-10-11-5-3-2-4-6-11/h2-9H,10H2,1H3/q+1. The highest BCUT2D eigenvalue weighted by atomic mass is 79.9. The van der Waals surface area contributed by atoms with Crippen molar-refractivity contribution in [3.8, 4) is 5.75 Å². The molecule has 0 radical (unpaired) electrons. The monoisotopic (exact) mass is 322 g/mol. The van der Waals surface area contributed by atoms with E-state index in [2.05, 4.69) is 20.8 Å². The van der Waals surface area contributed by atoms with E-state index in [0.29, 0.717) is 23.0 Å². The second-order valence-electron chi connectivity index (χ2n) is 3.83. The van der Waals surface area contributed by atoms with Gasteiger partial charge in [0.05, 0.1) is 4.91 Å². The first kappa shape index (κ1) is 13.5. The normalized spacial score (nSPS) is 10.0. The summed E-state index contributed by atoms with van der Waals surface area (Å²) in [5.74, 6) is 0.476. The molecule has 19 heavy (non-hydrogen) atoms. The zero-order valence-corrected chi connectivity index (χ0v) is 12.0. The Morgan fingerprint density at radius 2 is 1.89 bits per heavy atom. The highest BCUT2D eigenvalue weighted by Crippen LogP contribution is 2.31. The minimum Gasteiger partial charge on any atom is -0.482 e. The SMILES string of the molecule is CO[N+](=O)c1cc(Br)ccc1OCc1ccccc1. The molecule has 0 saturated carbocycles. The predicted octanol–water partition coefficient (Wildman–Crippen LogP) is 4.00. The van der Waals surface area contributed by atoms with Gasteiger partial charge in [-0.25, -0.2) is 4.84 Å². The van der Waals surface area contributed by atoms with E-state index in [0.717, 1.165) is 10.0 Å². The van der Waals surface area contributed by atoms with E-state index in [1.807, 2.05) is 36.4 Å². The number of nitrogens with zero attached hydrogens (tertiary/aromatic N) is 1. The lowest BCUT2D eigenvalue weighted by molar-refractivity contribution is -0.736. The minimum absolute atomic E-state index is 0.327. The fourth-order valence-corrected chi connectivity index (χ4v) is 1.94. The molecule has 0 bridgehead atoms. The molecule has 2 aromatic carbocycles. The molecule has 2 rings (SSSR count). The second kappa shape index (κ2) is 6.33. The largest absolute Gasteiger partial charge is 0.482 e. The molecule has 0 aliphatic carbocycles. The van der Waals surface area contributed by atoms with Crippen molar-refractivity contribution in [3.05, 3.63) is 63.5 Å². The Bertz CT molecular complexity index is 572. The summed E-state index contributed by atoms with van der Waals surface area (Å²) in [5, 5.41) is 0. The van der Waals surface area contributed by atoms with Gasteiger partial charge in [-0.2, -0.15) is 0 Å². The van der Waals surface area contributed by atoms with Crippen LogP contribution >= 0.6 is 15.9 Å². The molecular weight excluding hydrogens is 310 g/mol. The maximum atomic E-state index is 11.6. The van der Waals surface area contributed by atoms with Gasteiger partial charge in [-0.1, -0.05) is 46.3 Å². The summed E-state index contributed by atoms with van der Waals surface area (Å²) in [6, 6.07) is 14.9. The number of hydrogen-bond donors (Lipinski definition) is 0. The van der Waals surface area contributed by atoms with Crippen LogP contribution in [-0.4, -0.2) is 12.0 Å². The highest BCUT2D eigenvalue weighted by Gasteiger charge is 2.22. The van der Waals surface area contributed by atoms with Crippen LogP contribution in [0.1, 0.15) is 5.56 Å². The Balaban J connectivity index is 2.18. The molecule has 0 fully saturated rings. The van der Waals surface area contributed by atoms with Crippen LogP contribution in [0.5, 0.6) is 5.75 Å². The van der Waals surface area contributed by atoms with Gasteiger partial charge in [0.25, 0.3) is 4.92 Å². The van der Waals surface area contributed by atoms with E-state index < -0.39 is 0 Å². The molecule has 0 aliphatic rings. The zero-order valence-electron chi connectivity index (χ0n) is 10.4. The fourth-order valence-electron chi connectivity index (χ4n) is 1.59. The second-order valence-corrected chi connectivity index (χ2v) is 4.74. The summed E-state index contributed by atoms with van der Waals surface area (Å²) in [6.07, 6.45) is 0. The van der Waals surface area contributed by atoms with E-state index in [9.17, 15) is 4.91 Å². The van der Waals surface area contributed by atoms with Crippen molar-refractivity contribution in [1.29, 1.82) is 0 Å². The van der Waals surface area contributed by atoms with Gasteiger partial charge < -0.3 is 4.74 Å². The summed E-state index contributed by atoms with van der Waals surface area (Å²) in [5.41, 5.74) is 1.36. The van der Waals surface area contributed by atoms with E-state index in [-0.39, 0.29) is 0 Å². The molecule has 5 heteroatoms. The van der Waals surface area contributed by atoms with Crippen molar-refractivity contribution < 1.29 is 14.5 Å². The highest BCUT2D eigenvalue weighted by molar-refractivity contribution is 9.10. The number of benzene rings is 2. The van der Waals surface area contributed by atoms with Crippen LogP contribution in [0.4, 0.5) is 5.69 Å². The Labute approximate surface area is 119 Å². The van der Waals surface area contributed by atoms with E-state index in [4.69, 9.17) is 4.74 Å². The van der Waals surface area contributed by atoms with E-state index >= 15 is 0 Å². The number of ether oxygens (including phenoxy) is 1. The lowest BCUT2D eigenvalue weighted by Gasteiger charge is -2.06. The molecule has 0 aromatic heterocycles. The number of halogens is 1. The summed E-state index contributed by atoms with van der Waals surface area (Å²) in [4.78, 5) is 16.7. The third-order valence-corrected chi connectivity index (χ3v) is 3.01. The van der Waals surface area contributed by atoms with Crippen molar-refractivity contribution in [2.75, 3.05) is 7.11 Å². The molecule has 0 atom stereocenters. The molecular formula is C14H13BrNO3+. The van der Waals surface area contributed by atoms with Crippen molar-refractivity contribution in [2.45, 2.75) is 6.61 Å². The van der Waals surface area contributed by atoms with Gasteiger partial charge in [-0.3, -0.25) is 0 Å². The van der Waals surface area contributed by atoms with Crippen molar-refractivity contribution in [1.82, 2.24) is 0 Å². The summed E-state index contributed by atoms with van der Waals surface area (Å²) < 4.78 is 6.44. The van der Waals surface area contributed by atoms with Crippen LogP contribution in [0.15, 0.2) is 53.0 Å². The quantitative estimate of drug-likeness (QED) is 0.781. The molecule has 4 nitrogen and oxygen atoms in total. The molecule has 0 spiro atoms. The zero-order chi connectivity index (χ0) is 13.7. The van der Waals surface area contributed by atoms with Gasteiger partial charge in [-0.05, 0) is 17.7 Å². The average molecular weight is 323 g/mol. The lowest BCUT2D eigenvalue weighted by atomic mass is 10.2.